The molecule has 2 aromatic heterocycles. The topological polar surface area (TPSA) is 140 Å². The number of amides is 2. The van der Waals surface area contributed by atoms with Gasteiger partial charge in [0.25, 0.3) is 0 Å². The number of methoxy groups -OCH3 is 1. The average molecular weight is 529 g/mol. The van der Waals surface area contributed by atoms with Crippen molar-refractivity contribution in [2.75, 3.05) is 30.8 Å². The number of nitrogens with two attached hydrogens (primary N) is 1. The van der Waals surface area contributed by atoms with Crippen LogP contribution in [0, 0.1) is 17.6 Å². The minimum atomic E-state index is -0.748. The van der Waals surface area contributed by atoms with Crippen LogP contribution >= 0.6 is 0 Å². The molecule has 13 heteroatoms. The molecule has 1 aromatic carbocycles. The lowest BCUT2D eigenvalue weighted by molar-refractivity contribution is -0.122. The molecule has 2 amide bonds. The number of para-hydroxylation sites is 1. The standard InChI is InChI=1S/C25H30F2N8O3/c1-38-25(37)34-11-3-4-15(13-34)30-23-29-12-19-22(33-23)35(16-9-7-14(8-10-16)21(28)36)24(31-19)32-20-17(26)5-2-6-18(20)27/h2,5-6,12,14-16H,3-4,7-11,13H2,1H3,(H2,28,36)(H,31,32)(H,29,30,33)/t14-,15-,16+/m1/s1. The zero-order valence-corrected chi connectivity index (χ0v) is 21.0. The van der Waals surface area contributed by atoms with Gasteiger partial charge in [-0.1, -0.05) is 6.07 Å². The number of primary amides is 1. The van der Waals surface area contributed by atoms with Gasteiger partial charge in [-0.05, 0) is 50.7 Å². The number of imidazole rings is 1. The van der Waals surface area contributed by atoms with Gasteiger partial charge >= 0.3 is 6.09 Å². The molecule has 4 N–H and O–H groups in total. The Morgan fingerprint density at radius 2 is 1.84 bits per heavy atom. The third kappa shape index (κ3) is 5.18. The number of carbonyl (C=O) groups is 2. The van der Waals surface area contributed by atoms with Gasteiger partial charge in [-0.3, -0.25) is 9.36 Å². The lowest BCUT2D eigenvalue weighted by atomic mass is 9.85. The van der Waals surface area contributed by atoms with Gasteiger partial charge in [0.15, 0.2) is 5.65 Å². The molecule has 3 aromatic rings. The van der Waals surface area contributed by atoms with Crippen LogP contribution in [-0.2, 0) is 9.53 Å². The molecule has 2 fully saturated rings. The average Bonchev–Trinajstić information content (AvgIpc) is 3.27. The maximum atomic E-state index is 14.5. The molecule has 0 spiro atoms. The maximum Gasteiger partial charge on any atom is 0.409 e. The normalized spacial score (nSPS) is 21.8. The van der Waals surface area contributed by atoms with Gasteiger partial charge < -0.3 is 26.0 Å². The van der Waals surface area contributed by atoms with Crippen molar-refractivity contribution in [1.82, 2.24) is 24.4 Å². The first-order valence-electron chi connectivity index (χ1n) is 12.7. The third-order valence-electron chi connectivity index (χ3n) is 7.28. The maximum absolute atomic E-state index is 14.5. The molecule has 0 unspecified atom stereocenters. The summed E-state index contributed by atoms with van der Waals surface area (Å²) in [6.07, 6.45) is 5.23. The number of ether oxygens (including phenoxy) is 1. The number of nitrogens with one attached hydrogen (secondary N) is 2. The molecular weight excluding hydrogens is 498 g/mol. The number of likely N-dealkylation sites (tertiary alicyclic amines) is 1. The van der Waals surface area contributed by atoms with Gasteiger partial charge in [-0.2, -0.15) is 4.98 Å². The van der Waals surface area contributed by atoms with Crippen LogP contribution in [0.2, 0.25) is 0 Å². The number of halogens is 2. The summed E-state index contributed by atoms with van der Waals surface area (Å²) in [4.78, 5) is 39.0. The molecule has 1 saturated carbocycles. The highest BCUT2D eigenvalue weighted by Crippen LogP contribution is 2.37. The van der Waals surface area contributed by atoms with Crippen LogP contribution < -0.4 is 16.4 Å². The first kappa shape index (κ1) is 25.6. The number of aromatic nitrogens is 4. The van der Waals surface area contributed by atoms with Crippen molar-refractivity contribution in [3.63, 3.8) is 0 Å². The van der Waals surface area contributed by atoms with E-state index in [1.54, 1.807) is 11.1 Å². The molecule has 0 radical (unpaired) electrons. The van der Waals surface area contributed by atoms with Gasteiger partial charge in [0.2, 0.25) is 17.8 Å². The summed E-state index contributed by atoms with van der Waals surface area (Å²) in [5.74, 6) is -1.45. The van der Waals surface area contributed by atoms with Crippen LogP contribution in [0.1, 0.15) is 44.6 Å². The van der Waals surface area contributed by atoms with E-state index in [9.17, 15) is 18.4 Å². The Kier molecular flexibility index (Phi) is 7.25. The van der Waals surface area contributed by atoms with E-state index >= 15 is 0 Å². The monoisotopic (exact) mass is 528 g/mol. The molecule has 1 aliphatic heterocycles. The predicted octanol–water partition coefficient (Wildman–Crippen LogP) is 3.71. The lowest BCUT2D eigenvalue weighted by Crippen LogP contribution is -2.45. The second-order valence-electron chi connectivity index (χ2n) is 9.74. The van der Waals surface area contributed by atoms with Crippen molar-refractivity contribution in [2.24, 2.45) is 11.7 Å². The first-order valence-corrected chi connectivity index (χ1v) is 12.7. The van der Waals surface area contributed by atoms with E-state index in [1.165, 1.54) is 25.3 Å². The number of carbonyl (C=O) groups excluding carboxylic acids is 2. The van der Waals surface area contributed by atoms with E-state index in [4.69, 9.17) is 15.5 Å². The van der Waals surface area contributed by atoms with Crippen molar-refractivity contribution < 1.29 is 23.1 Å². The van der Waals surface area contributed by atoms with Crippen LogP contribution in [-0.4, -0.2) is 62.7 Å². The van der Waals surface area contributed by atoms with Crippen LogP contribution in [0.3, 0.4) is 0 Å². The Balaban J connectivity index is 1.47. The molecule has 2 aliphatic rings. The number of nitrogens with zero attached hydrogens (tertiary/aromatic N) is 5. The summed E-state index contributed by atoms with van der Waals surface area (Å²) in [5, 5.41) is 6.12. The highest BCUT2D eigenvalue weighted by atomic mass is 19.1. The number of hydrogen-bond acceptors (Lipinski definition) is 8. The Bertz CT molecular complexity index is 1320. The van der Waals surface area contributed by atoms with Crippen LogP contribution in [0.15, 0.2) is 24.4 Å². The quantitative estimate of drug-likeness (QED) is 0.440. The largest absolute Gasteiger partial charge is 0.453 e. The van der Waals surface area contributed by atoms with E-state index in [-0.39, 0.29) is 41.6 Å². The molecule has 202 valence electrons. The second kappa shape index (κ2) is 10.8. The van der Waals surface area contributed by atoms with E-state index in [2.05, 4.69) is 20.6 Å². The molecule has 38 heavy (non-hydrogen) atoms. The van der Waals surface area contributed by atoms with Crippen molar-refractivity contribution in [2.45, 2.75) is 50.6 Å². The van der Waals surface area contributed by atoms with Gasteiger partial charge in [-0.25, -0.2) is 23.5 Å². The number of piperidine rings is 1. The van der Waals surface area contributed by atoms with Crippen molar-refractivity contribution in [1.29, 1.82) is 0 Å². The summed E-state index contributed by atoms with van der Waals surface area (Å²) in [6.45, 7) is 1.07. The first-order chi connectivity index (χ1) is 18.3. The highest BCUT2D eigenvalue weighted by Gasteiger charge is 2.30. The molecule has 3 heterocycles. The SMILES string of the molecule is COC(=O)N1CCC[C@@H](Nc2ncc3nc(Nc4c(F)cccc4F)n([C@H]4CC[C@@H](C(N)=O)CC4)c3n2)C1. The van der Waals surface area contributed by atoms with E-state index in [0.29, 0.717) is 55.9 Å². The number of anilines is 3. The minimum Gasteiger partial charge on any atom is -0.453 e. The zero-order chi connectivity index (χ0) is 26.8. The number of benzene rings is 1. The number of rotatable bonds is 6. The Morgan fingerprint density at radius 3 is 2.53 bits per heavy atom. The highest BCUT2D eigenvalue weighted by molar-refractivity contribution is 5.78. The fourth-order valence-corrected chi connectivity index (χ4v) is 5.31. The van der Waals surface area contributed by atoms with Gasteiger partial charge in [0.1, 0.15) is 22.8 Å². The van der Waals surface area contributed by atoms with Gasteiger partial charge in [-0.15, -0.1) is 0 Å². The van der Waals surface area contributed by atoms with Crippen LogP contribution in [0.4, 0.5) is 31.2 Å². The van der Waals surface area contributed by atoms with Crippen LogP contribution in [0.5, 0.6) is 0 Å². The summed E-state index contributed by atoms with van der Waals surface area (Å²) < 4.78 is 35.6. The fraction of sp³-hybridized carbons (Fsp3) is 0.480. The number of fused-ring (bicyclic) bond motifs is 1. The van der Waals surface area contributed by atoms with E-state index < -0.39 is 11.6 Å². The molecule has 1 atom stereocenters. The summed E-state index contributed by atoms with van der Waals surface area (Å²) in [5.41, 5.74) is 6.15. The number of hydrogen-bond donors (Lipinski definition) is 3. The van der Waals surface area contributed by atoms with E-state index in [0.717, 1.165) is 12.8 Å². The summed E-state index contributed by atoms with van der Waals surface area (Å²) >= 11 is 0. The van der Waals surface area contributed by atoms with Crippen molar-refractivity contribution in [3.05, 3.63) is 36.0 Å². The van der Waals surface area contributed by atoms with Crippen molar-refractivity contribution >= 4 is 40.7 Å². The van der Waals surface area contributed by atoms with Crippen molar-refractivity contribution in [3.8, 4) is 0 Å². The van der Waals surface area contributed by atoms with E-state index in [1.807, 2.05) is 4.57 Å². The molecule has 11 nitrogen and oxygen atoms in total. The Labute approximate surface area is 217 Å². The molecule has 0 bridgehead atoms. The summed E-state index contributed by atoms with van der Waals surface area (Å²) in [6, 6.07) is 3.42. The fourth-order valence-electron chi connectivity index (χ4n) is 5.31. The molecule has 1 saturated heterocycles. The molecule has 5 rings (SSSR count). The molecule has 1 aliphatic carbocycles. The molecular formula is C25H30F2N8O3. The zero-order valence-electron chi connectivity index (χ0n) is 21.0. The lowest BCUT2D eigenvalue weighted by Gasteiger charge is -2.32. The Morgan fingerprint density at radius 1 is 1.11 bits per heavy atom. The predicted molar refractivity (Wildman–Crippen MR) is 136 cm³/mol. The Hall–Kier alpha value is -4.03. The summed E-state index contributed by atoms with van der Waals surface area (Å²) in [7, 11) is 1.35. The van der Waals surface area contributed by atoms with Gasteiger partial charge in [0.05, 0.1) is 13.3 Å². The minimum absolute atomic E-state index is 0.0761. The van der Waals surface area contributed by atoms with Crippen LogP contribution in [0.25, 0.3) is 11.2 Å². The second-order valence-corrected chi connectivity index (χ2v) is 9.74. The smallest absolute Gasteiger partial charge is 0.409 e. The van der Waals surface area contributed by atoms with Gasteiger partial charge in [0, 0.05) is 31.1 Å². The third-order valence-corrected chi connectivity index (χ3v) is 7.28.